The van der Waals surface area contributed by atoms with Gasteiger partial charge in [0.25, 0.3) is 0 Å². The van der Waals surface area contributed by atoms with Gasteiger partial charge in [0.1, 0.15) is 5.75 Å². The minimum Gasteiger partial charge on any atom is -0.494 e. The minimum absolute atomic E-state index is 0.170. The van der Waals surface area contributed by atoms with Gasteiger partial charge in [-0.15, -0.1) is 0 Å². The zero-order valence-electron chi connectivity index (χ0n) is 11.4. The molecule has 0 saturated carbocycles. The number of benzene rings is 1. The van der Waals surface area contributed by atoms with Gasteiger partial charge in [-0.2, -0.15) is 0 Å². The highest BCUT2D eigenvalue weighted by Gasteiger charge is 2.25. The molecule has 0 saturated heterocycles. The zero-order chi connectivity index (χ0) is 15.2. The van der Waals surface area contributed by atoms with Gasteiger partial charge in [0.2, 0.25) is 5.92 Å². The maximum atomic E-state index is 13.0. The van der Waals surface area contributed by atoms with E-state index < -0.39 is 11.9 Å². The SMILES string of the molecule is CCC(F)(F)CCCOc1ccc(C(=O)OC)c(Cl)c1. The van der Waals surface area contributed by atoms with Crippen LogP contribution in [0.5, 0.6) is 5.75 Å². The molecule has 20 heavy (non-hydrogen) atoms. The third kappa shape index (κ3) is 4.96. The molecule has 1 rings (SSSR count). The van der Waals surface area contributed by atoms with Gasteiger partial charge in [0.05, 0.1) is 24.3 Å². The van der Waals surface area contributed by atoms with Crippen LogP contribution in [0.4, 0.5) is 8.78 Å². The lowest BCUT2D eigenvalue weighted by Gasteiger charge is -2.14. The topological polar surface area (TPSA) is 35.5 Å². The predicted molar refractivity (Wildman–Crippen MR) is 72.8 cm³/mol. The molecule has 112 valence electrons. The number of methoxy groups -OCH3 is 1. The molecule has 0 spiro atoms. The number of carbonyl (C=O) groups excluding carboxylic acids is 1. The highest BCUT2D eigenvalue weighted by atomic mass is 35.5. The van der Waals surface area contributed by atoms with Crippen LogP contribution in [-0.2, 0) is 4.74 Å². The largest absolute Gasteiger partial charge is 0.494 e. The third-order valence-corrected chi connectivity index (χ3v) is 3.13. The van der Waals surface area contributed by atoms with E-state index in [4.69, 9.17) is 16.3 Å². The first-order valence-electron chi connectivity index (χ1n) is 6.28. The van der Waals surface area contributed by atoms with Crippen LogP contribution >= 0.6 is 11.6 Å². The molecule has 0 heterocycles. The average Bonchev–Trinajstić information content (AvgIpc) is 2.43. The number of ether oxygens (including phenoxy) is 2. The monoisotopic (exact) mass is 306 g/mol. The van der Waals surface area contributed by atoms with Crippen molar-refractivity contribution in [3.8, 4) is 5.75 Å². The second-order valence-corrected chi connectivity index (χ2v) is 4.70. The summed E-state index contributed by atoms with van der Waals surface area (Å²) in [6, 6.07) is 4.49. The Morgan fingerprint density at radius 1 is 1.40 bits per heavy atom. The molecular formula is C14H17ClF2O3. The fraction of sp³-hybridized carbons (Fsp3) is 0.500. The lowest BCUT2D eigenvalue weighted by atomic mass is 10.1. The van der Waals surface area contributed by atoms with Gasteiger partial charge in [-0.05, 0) is 24.6 Å². The van der Waals surface area contributed by atoms with Gasteiger partial charge in [-0.25, -0.2) is 13.6 Å². The number of rotatable bonds is 7. The van der Waals surface area contributed by atoms with Gasteiger partial charge in [0, 0.05) is 12.8 Å². The molecule has 1 aromatic rings. The predicted octanol–water partition coefficient (Wildman–Crippen LogP) is 4.33. The Kier molecular flexibility index (Phi) is 6.20. The van der Waals surface area contributed by atoms with E-state index >= 15 is 0 Å². The van der Waals surface area contributed by atoms with Crippen molar-refractivity contribution >= 4 is 17.6 Å². The molecule has 0 atom stereocenters. The summed E-state index contributed by atoms with van der Waals surface area (Å²) < 4.78 is 35.9. The van der Waals surface area contributed by atoms with Crippen LogP contribution in [0.15, 0.2) is 18.2 Å². The van der Waals surface area contributed by atoms with Crippen molar-refractivity contribution in [2.45, 2.75) is 32.1 Å². The van der Waals surface area contributed by atoms with Crippen LogP contribution in [0, 0.1) is 0 Å². The zero-order valence-corrected chi connectivity index (χ0v) is 12.2. The molecule has 3 nitrogen and oxygen atoms in total. The van der Waals surface area contributed by atoms with E-state index in [2.05, 4.69) is 4.74 Å². The Labute approximate surface area is 121 Å². The fourth-order valence-electron chi connectivity index (χ4n) is 1.56. The number of alkyl halides is 2. The molecule has 0 aliphatic rings. The Balaban J connectivity index is 2.50. The molecule has 0 unspecified atom stereocenters. The average molecular weight is 307 g/mol. The van der Waals surface area contributed by atoms with E-state index in [0.29, 0.717) is 5.75 Å². The molecule has 0 amide bonds. The molecule has 0 bridgehead atoms. The summed E-state index contributed by atoms with van der Waals surface area (Å²) in [5.74, 6) is -2.75. The van der Waals surface area contributed by atoms with Crippen LogP contribution in [-0.4, -0.2) is 25.6 Å². The maximum Gasteiger partial charge on any atom is 0.339 e. The summed E-state index contributed by atoms with van der Waals surface area (Å²) in [7, 11) is 1.26. The highest BCUT2D eigenvalue weighted by Crippen LogP contribution is 2.25. The van der Waals surface area contributed by atoms with Crippen LogP contribution < -0.4 is 4.74 Å². The molecule has 1 aromatic carbocycles. The summed E-state index contributed by atoms with van der Waals surface area (Å²) in [5, 5.41) is 0.202. The summed E-state index contributed by atoms with van der Waals surface area (Å²) >= 11 is 5.91. The normalized spacial score (nSPS) is 11.2. The highest BCUT2D eigenvalue weighted by molar-refractivity contribution is 6.33. The summed E-state index contributed by atoms with van der Waals surface area (Å²) in [6.07, 6.45) is -0.138. The van der Waals surface area contributed by atoms with Crippen LogP contribution in [0.25, 0.3) is 0 Å². The van der Waals surface area contributed by atoms with Crippen molar-refractivity contribution in [3.05, 3.63) is 28.8 Å². The summed E-state index contributed by atoms with van der Waals surface area (Å²) in [4.78, 5) is 11.3. The van der Waals surface area contributed by atoms with Gasteiger partial charge in [0.15, 0.2) is 0 Å². The molecule has 6 heteroatoms. The van der Waals surface area contributed by atoms with Crippen molar-refractivity contribution in [2.24, 2.45) is 0 Å². The van der Waals surface area contributed by atoms with Crippen molar-refractivity contribution < 1.29 is 23.0 Å². The van der Waals surface area contributed by atoms with Crippen molar-refractivity contribution in [1.29, 1.82) is 0 Å². The number of esters is 1. The summed E-state index contributed by atoms with van der Waals surface area (Å²) in [5.41, 5.74) is 0.235. The van der Waals surface area contributed by atoms with Gasteiger partial charge < -0.3 is 9.47 Å². The number of halogens is 3. The Hall–Kier alpha value is -1.36. The lowest BCUT2D eigenvalue weighted by Crippen LogP contribution is -2.15. The molecule has 0 aromatic heterocycles. The van der Waals surface area contributed by atoms with E-state index in [1.165, 1.54) is 26.2 Å². The molecule has 0 aliphatic carbocycles. The van der Waals surface area contributed by atoms with Crippen LogP contribution in [0.2, 0.25) is 5.02 Å². The van der Waals surface area contributed by atoms with E-state index in [0.717, 1.165) is 0 Å². The fourth-order valence-corrected chi connectivity index (χ4v) is 1.81. The first-order chi connectivity index (χ1) is 9.39. The molecule has 0 N–H and O–H groups in total. The number of carbonyl (C=O) groups is 1. The van der Waals surface area contributed by atoms with Crippen LogP contribution in [0.1, 0.15) is 36.5 Å². The Bertz CT molecular complexity index is 464. The van der Waals surface area contributed by atoms with Crippen molar-refractivity contribution in [3.63, 3.8) is 0 Å². The molecule has 0 fully saturated rings. The van der Waals surface area contributed by atoms with Gasteiger partial charge in [-0.1, -0.05) is 18.5 Å². The molecule has 0 radical (unpaired) electrons. The Morgan fingerprint density at radius 2 is 2.10 bits per heavy atom. The minimum atomic E-state index is -2.64. The standard InChI is InChI=1S/C14H17ClF2O3/c1-3-14(16,17)7-4-8-20-10-5-6-11(12(15)9-10)13(18)19-2/h5-6,9H,3-4,7-8H2,1-2H3. The van der Waals surface area contributed by atoms with Crippen LogP contribution in [0.3, 0.4) is 0 Å². The van der Waals surface area contributed by atoms with Gasteiger partial charge >= 0.3 is 5.97 Å². The van der Waals surface area contributed by atoms with E-state index in [1.54, 1.807) is 6.07 Å². The number of hydrogen-bond donors (Lipinski definition) is 0. The first-order valence-corrected chi connectivity index (χ1v) is 6.66. The third-order valence-electron chi connectivity index (χ3n) is 2.82. The van der Waals surface area contributed by atoms with Crippen molar-refractivity contribution in [1.82, 2.24) is 0 Å². The smallest absolute Gasteiger partial charge is 0.339 e. The Morgan fingerprint density at radius 3 is 2.65 bits per heavy atom. The number of hydrogen-bond acceptors (Lipinski definition) is 3. The van der Waals surface area contributed by atoms with Gasteiger partial charge in [-0.3, -0.25) is 0 Å². The summed E-state index contributed by atoms with van der Waals surface area (Å²) in [6.45, 7) is 1.62. The van der Waals surface area contributed by atoms with E-state index in [-0.39, 0.29) is 36.5 Å². The maximum absolute atomic E-state index is 13.0. The second kappa shape index (κ2) is 7.43. The van der Waals surface area contributed by atoms with E-state index in [1.807, 2.05) is 0 Å². The van der Waals surface area contributed by atoms with E-state index in [9.17, 15) is 13.6 Å². The molecular weight excluding hydrogens is 290 g/mol. The molecule has 0 aliphatic heterocycles. The van der Waals surface area contributed by atoms with Crippen molar-refractivity contribution in [2.75, 3.05) is 13.7 Å². The first kappa shape index (κ1) is 16.7. The second-order valence-electron chi connectivity index (χ2n) is 4.29. The quantitative estimate of drug-likeness (QED) is 0.555. The lowest BCUT2D eigenvalue weighted by molar-refractivity contribution is -0.0159.